The zero-order valence-electron chi connectivity index (χ0n) is 40.5. The summed E-state index contributed by atoms with van der Waals surface area (Å²) >= 11 is 0. The summed E-state index contributed by atoms with van der Waals surface area (Å²) in [6.07, 6.45) is 65.7. The molecule has 0 bridgehead atoms. The maximum absolute atomic E-state index is 12.9. The van der Waals surface area contributed by atoms with Gasteiger partial charge in [-0.2, -0.15) is 0 Å². The Balaban J connectivity index is 4.48. The highest BCUT2D eigenvalue weighted by atomic mass is 31.2. The Kier molecular flexibility index (Phi) is 41.9. The molecule has 0 aromatic heterocycles. The first-order valence-corrected chi connectivity index (χ1v) is 25.9. The first-order valence-electron chi connectivity index (χ1n) is 24.4. The number of carbonyl (C=O) groups excluding carboxylic acids is 1. The van der Waals surface area contributed by atoms with Crippen molar-refractivity contribution >= 4 is 13.7 Å². The van der Waals surface area contributed by atoms with Crippen molar-refractivity contribution in [2.75, 3.05) is 40.9 Å². The molecule has 1 amide bonds. The quantitative estimate of drug-likeness (QED) is 0.0244. The van der Waals surface area contributed by atoms with Gasteiger partial charge in [-0.25, -0.2) is 4.57 Å². The summed E-state index contributed by atoms with van der Waals surface area (Å²) in [4.78, 5) is 23.1. The van der Waals surface area contributed by atoms with E-state index in [1.807, 2.05) is 27.2 Å². The van der Waals surface area contributed by atoms with E-state index in [0.29, 0.717) is 17.4 Å². The molecule has 8 nitrogen and oxygen atoms in total. The maximum Gasteiger partial charge on any atom is 0.472 e. The standard InChI is InChI=1S/C54H91N2O6P/c1-6-8-10-12-14-16-18-20-22-23-24-25-26-27-28-29-30-31-32-33-34-36-38-40-42-44-46-48-54(58)55-52(51-62-63(59,60)61-50-49-56(3,4)5)53(57)47-45-43-41-39-37-35-21-19-17-15-13-11-9-7-2/h8,10,14,16,20,22,24-25,27-28,30-31,33-34,37-40,45,47,52-53,57H,6-7,9,11-13,15,17-19,21,23,26,29,32,35-36,41-44,46,48-51H2,1-5H3,(H-,55,58,59,60)/p+1/b10-8-,16-14-,22-20-,25-24-,28-27-,31-30-,34-33-,39-37+,40-38-,47-45+. The number of rotatable bonds is 42. The van der Waals surface area contributed by atoms with E-state index in [4.69, 9.17) is 9.05 Å². The number of amides is 1. The topological polar surface area (TPSA) is 105 Å². The Morgan fingerprint density at radius 2 is 0.968 bits per heavy atom. The molecule has 0 aliphatic carbocycles. The number of quaternary nitrogens is 1. The number of phosphoric ester groups is 1. The summed E-state index contributed by atoms with van der Waals surface area (Å²) < 4.78 is 23.5. The number of phosphoric acid groups is 1. The predicted molar refractivity (Wildman–Crippen MR) is 272 cm³/mol. The van der Waals surface area contributed by atoms with Gasteiger partial charge in [-0.1, -0.05) is 180 Å². The first-order chi connectivity index (χ1) is 30.5. The zero-order valence-corrected chi connectivity index (χ0v) is 41.4. The fourth-order valence-corrected chi connectivity index (χ4v) is 6.81. The van der Waals surface area contributed by atoms with Gasteiger partial charge in [0, 0.05) is 6.42 Å². The summed E-state index contributed by atoms with van der Waals surface area (Å²) in [5, 5.41) is 13.8. The molecule has 0 saturated heterocycles. The Labute approximate surface area is 386 Å². The Morgan fingerprint density at radius 1 is 0.556 bits per heavy atom. The van der Waals surface area contributed by atoms with Gasteiger partial charge in [-0.3, -0.25) is 13.8 Å². The lowest BCUT2D eigenvalue weighted by Gasteiger charge is -2.25. The van der Waals surface area contributed by atoms with Crippen LogP contribution in [0, 0.1) is 0 Å². The van der Waals surface area contributed by atoms with Crippen molar-refractivity contribution in [2.24, 2.45) is 0 Å². The van der Waals surface area contributed by atoms with Crippen molar-refractivity contribution in [3.63, 3.8) is 0 Å². The van der Waals surface area contributed by atoms with Crippen LogP contribution < -0.4 is 5.32 Å². The van der Waals surface area contributed by atoms with Crippen LogP contribution in [0.4, 0.5) is 0 Å². The minimum absolute atomic E-state index is 0.0401. The summed E-state index contributed by atoms with van der Waals surface area (Å²) in [5.41, 5.74) is 0. The molecule has 0 aromatic carbocycles. The second-order valence-corrected chi connectivity index (χ2v) is 18.5. The molecule has 0 aliphatic heterocycles. The van der Waals surface area contributed by atoms with E-state index in [9.17, 15) is 19.4 Å². The number of nitrogens with zero attached hydrogens (tertiary/aromatic N) is 1. The van der Waals surface area contributed by atoms with Crippen molar-refractivity contribution in [1.29, 1.82) is 0 Å². The van der Waals surface area contributed by atoms with Crippen LogP contribution in [-0.4, -0.2) is 73.4 Å². The van der Waals surface area contributed by atoms with Gasteiger partial charge in [-0.15, -0.1) is 0 Å². The van der Waals surface area contributed by atoms with E-state index in [1.54, 1.807) is 6.08 Å². The van der Waals surface area contributed by atoms with E-state index in [-0.39, 0.29) is 25.5 Å². The third-order valence-corrected chi connectivity index (χ3v) is 10.9. The number of nitrogens with one attached hydrogen (secondary N) is 1. The Morgan fingerprint density at radius 3 is 1.46 bits per heavy atom. The van der Waals surface area contributed by atoms with Crippen molar-refractivity contribution in [3.05, 3.63) is 122 Å². The Bertz CT molecular complexity index is 1430. The molecular formula is C54H92N2O6P+. The molecule has 0 fully saturated rings. The van der Waals surface area contributed by atoms with Gasteiger partial charge in [0.1, 0.15) is 13.2 Å². The first kappa shape index (κ1) is 59.9. The lowest BCUT2D eigenvalue weighted by atomic mass is 10.1. The lowest BCUT2D eigenvalue weighted by molar-refractivity contribution is -0.870. The summed E-state index contributed by atoms with van der Waals surface area (Å²) in [5.74, 6) is -0.236. The third-order valence-electron chi connectivity index (χ3n) is 9.92. The maximum atomic E-state index is 12.9. The van der Waals surface area contributed by atoms with Gasteiger partial charge >= 0.3 is 7.82 Å². The predicted octanol–water partition coefficient (Wildman–Crippen LogP) is 14.2. The van der Waals surface area contributed by atoms with E-state index in [1.165, 1.54) is 51.4 Å². The van der Waals surface area contributed by atoms with Crippen LogP contribution in [0.25, 0.3) is 0 Å². The highest BCUT2D eigenvalue weighted by Gasteiger charge is 2.27. The molecule has 0 radical (unpaired) electrons. The van der Waals surface area contributed by atoms with E-state index < -0.39 is 20.0 Å². The third kappa shape index (κ3) is 46.7. The van der Waals surface area contributed by atoms with Gasteiger partial charge in [0.25, 0.3) is 0 Å². The summed E-state index contributed by atoms with van der Waals surface area (Å²) in [7, 11) is 1.50. The molecule has 0 aliphatic rings. The SMILES string of the molecule is CC/C=C\C/C=C\C/C=C\C/C=C\C/C=C\C/C=C\C/C=C\C/C=C\CCCCC(=O)NC(COP(=O)(O)OCC[N+](C)(C)C)C(O)/C=C/CC/C=C/CCCCCCCCCC. The number of unbranched alkanes of at least 4 members (excludes halogenated alkanes) is 11. The van der Waals surface area contributed by atoms with Gasteiger partial charge in [-0.05, 0) is 96.3 Å². The van der Waals surface area contributed by atoms with Gasteiger partial charge < -0.3 is 19.8 Å². The van der Waals surface area contributed by atoms with Gasteiger partial charge in [0.05, 0.1) is 39.9 Å². The fourth-order valence-electron chi connectivity index (χ4n) is 6.07. The van der Waals surface area contributed by atoms with Crippen LogP contribution >= 0.6 is 7.82 Å². The van der Waals surface area contributed by atoms with Crippen LogP contribution in [0.3, 0.4) is 0 Å². The Hall–Kier alpha value is -3.10. The number of hydrogen-bond acceptors (Lipinski definition) is 5. The zero-order chi connectivity index (χ0) is 46.4. The largest absolute Gasteiger partial charge is 0.472 e. The molecule has 0 spiro atoms. The summed E-state index contributed by atoms with van der Waals surface area (Å²) in [6.45, 7) is 4.60. The molecule has 0 heterocycles. The van der Waals surface area contributed by atoms with Crippen molar-refractivity contribution < 1.29 is 32.9 Å². The monoisotopic (exact) mass is 896 g/mol. The molecule has 0 rings (SSSR count). The normalized spacial score (nSPS) is 15.2. The van der Waals surface area contributed by atoms with Gasteiger partial charge in [0.15, 0.2) is 0 Å². The molecule has 0 saturated carbocycles. The number of carbonyl (C=O) groups is 1. The second-order valence-electron chi connectivity index (χ2n) is 17.1. The molecule has 3 unspecified atom stereocenters. The fraction of sp³-hybridized carbons (Fsp3) is 0.611. The van der Waals surface area contributed by atoms with Crippen LogP contribution in [0.5, 0.6) is 0 Å². The van der Waals surface area contributed by atoms with Crippen LogP contribution in [0.15, 0.2) is 122 Å². The molecule has 9 heteroatoms. The van der Waals surface area contributed by atoms with E-state index in [0.717, 1.165) is 83.5 Å². The molecule has 3 atom stereocenters. The molecule has 358 valence electrons. The highest BCUT2D eigenvalue weighted by molar-refractivity contribution is 7.47. The van der Waals surface area contributed by atoms with Crippen molar-refractivity contribution in [2.45, 2.75) is 174 Å². The smallest absolute Gasteiger partial charge is 0.387 e. The highest BCUT2D eigenvalue weighted by Crippen LogP contribution is 2.43. The lowest BCUT2D eigenvalue weighted by Crippen LogP contribution is -2.45. The van der Waals surface area contributed by atoms with Crippen molar-refractivity contribution in [3.8, 4) is 0 Å². The molecule has 3 N–H and O–H groups in total. The number of allylic oxidation sites excluding steroid dienone is 19. The number of aliphatic hydroxyl groups excluding tert-OH is 1. The van der Waals surface area contributed by atoms with Crippen LogP contribution in [-0.2, 0) is 18.4 Å². The second kappa shape index (κ2) is 44.1. The van der Waals surface area contributed by atoms with Gasteiger partial charge in [0.2, 0.25) is 5.91 Å². The van der Waals surface area contributed by atoms with E-state index in [2.05, 4.69) is 129 Å². The number of hydrogen-bond donors (Lipinski definition) is 3. The van der Waals surface area contributed by atoms with E-state index >= 15 is 0 Å². The molecule has 0 aromatic rings. The minimum atomic E-state index is -4.37. The average Bonchev–Trinajstić information content (AvgIpc) is 3.24. The average molecular weight is 896 g/mol. The number of likely N-dealkylation sites (N-methyl/N-ethyl adjacent to an activating group) is 1. The number of aliphatic hydroxyl groups is 1. The minimum Gasteiger partial charge on any atom is -0.387 e. The van der Waals surface area contributed by atoms with Crippen LogP contribution in [0.2, 0.25) is 0 Å². The van der Waals surface area contributed by atoms with Crippen molar-refractivity contribution in [1.82, 2.24) is 5.32 Å². The molecular weight excluding hydrogens is 804 g/mol. The molecule has 63 heavy (non-hydrogen) atoms. The summed E-state index contributed by atoms with van der Waals surface area (Å²) in [6, 6.07) is -0.895. The van der Waals surface area contributed by atoms with Crippen LogP contribution in [0.1, 0.15) is 162 Å².